The van der Waals surface area contributed by atoms with Gasteiger partial charge in [0.05, 0.1) is 10.7 Å². The molecular formula is C13H11N5O3S3. The molecule has 0 fully saturated rings. The van der Waals surface area contributed by atoms with Crippen LogP contribution in [0.4, 0.5) is 5.69 Å². The summed E-state index contributed by atoms with van der Waals surface area (Å²) in [6.45, 7) is 2.06. The zero-order chi connectivity index (χ0) is 16.9. The van der Waals surface area contributed by atoms with Crippen molar-refractivity contribution in [1.82, 2.24) is 20.3 Å². The molecule has 1 aromatic carbocycles. The van der Waals surface area contributed by atoms with Gasteiger partial charge in [-0.05, 0) is 5.75 Å². The lowest BCUT2D eigenvalue weighted by Gasteiger charge is -1.94. The van der Waals surface area contributed by atoms with Crippen molar-refractivity contribution >= 4 is 40.5 Å². The highest BCUT2D eigenvalue weighted by molar-refractivity contribution is 8.02. The van der Waals surface area contributed by atoms with Gasteiger partial charge in [-0.15, -0.1) is 10.2 Å². The highest BCUT2D eigenvalue weighted by atomic mass is 32.2. The Bertz CT molecular complexity index is 851. The number of non-ortho nitro benzene ring substituents is 1. The van der Waals surface area contributed by atoms with Crippen LogP contribution >= 0.6 is 34.9 Å². The van der Waals surface area contributed by atoms with E-state index in [9.17, 15) is 10.1 Å². The first-order chi connectivity index (χ1) is 11.7. The van der Waals surface area contributed by atoms with Crippen molar-refractivity contribution < 1.29 is 9.45 Å². The lowest BCUT2D eigenvalue weighted by Crippen LogP contribution is -1.89. The van der Waals surface area contributed by atoms with E-state index in [2.05, 4.69) is 27.3 Å². The van der Waals surface area contributed by atoms with Gasteiger partial charge >= 0.3 is 0 Å². The van der Waals surface area contributed by atoms with E-state index in [1.807, 2.05) is 0 Å². The molecule has 0 N–H and O–H groups in total. The zero-order valence-corrected chi connectivity index (χ0v) is 14.9. The predicted molar refractivity (Wildman–Crippen MR) is 92.3 cm³/mol. The second-order valence-electron chi connectivity index (χ2n) is 4.37. The van der Waals surface area contributed by atoms with Crippen LogP contribution in [0.25, 0.3) is 11.4 Å². The van der Waals surface area contributed by atoms with Gasteiger partial charge in [0.25, 0.3) is 5.69 Å². The molecule has 0 bridgehead atoms. The third-order valence-electron chi connectivity index (χ3n) is 2.76. The van der Waals surface area contributed by atoms with Gasteiger partial charge in [-0.2, -0.15) is 4.98 Å². The fourth-order valence-corrected chi connectivity index (χ4v) is 4.50. The van der Waals surface area contributed by atoms with Gasteiger partial charge in [-0.3, -0.25) is 10.1 Å². The van der Waals surface area contributed by atoms with Crippen LogP contribution in [-0.4, -0.2) is 31.0 Å². The Kier molecular flexibility index (Phi) is 5.43. The molecule has 0 aliphatic heterocycles. The molecule has 0 aliphatic rings. The minimum absolute atomic E-state index is 0.0111. The second kappa shape index (κ2) is 7.73. The topological polar surface area (TPSA) is 108 Å². The lowest BCUT2D eigenvalue weighted by atomic mass is 10.2. The Balaban J connectivity index is 1.67. The number of rotatable bonds is 7. The number of nitro groups is 1. The van der Waals surface area contributed by atoms with Crippen LogP contribution in [0.1, 0.15) is 12.8 Å². The summed E-state index contributed by atoms with van der Waals surface area (Å²) >= 11 is 4.64. The van der Waals surface area contributed by atoms with Crippen molar-refractivity contribution in [3.05, 3.63) is 40.3 Å². The highest BCUT2D eigenvalue weighted by Gasteiger charge is 2.13. The maximum Gasteiger partial charge on any atom is 0.270 e. The third-order valence-corrected chi connectivity index (χ3v) is 5.81. The average Bonchev–Trinajstić information content (AvgIpc) is 3.23. The highest BCUT2D eigenvalue weighted by Crippen LogP contribution is 2.30. The van der Waals surface area contributed by atoms with Crippen molar-refractivity contribution in [1.29, 1.82) is 0 Å². The molecule has 3 rings (SSSR count). The molecule has 0 saturated carbocycles. The standard InChI is InChI=1S/C13H11N5O3S3/c1-2-22-12-15-16-13(24-12)23-7-10-14-11(17-21-10)8-4-3-5-9(6-8)18(19)20/h3-6H,2,7H2,1H3. The van der Waals surface area contributed by atoms with Crippen molar-refractivity contribution in [2.24, 2.45) is 0 Å². The van der Waals surface area contributed by atoms with Crippen molar-refractivity contribution in [2.75, 3.05) is 5.75 Å². The summed E-state index contributed by atoms with van der Waals surface area (Å²) in [7, 11) is 0. The van der Waals surface area contributed by atoms with Crippen LogP contribution in [0.2, 0.25) is 0 Å². The fraction of sp³-hybridized carbons (Fsp3) is 0.231. The maximum absolute atomic E-state index is 10.8. The van der Waals surface area contributed by atoms with Crippen LogP contribution in [0.15, 0.2) is 37.5 Å². The van der Waals surface area contributed by atoms with E-state index >= 15 is 0 Å². The predicted octanol–water partition coefficient (Wildman–Crippen LogP) is 3.90. The Morgan fingerprint density at radius 1 is 1.29 bits per heavy atom. The number of hydrogen-bond acceptors (Lipinski definition) is 10. The SMILES string of the molecule is CCSc1nnc(SCc2nc(-c3cccc([N+](=O)[O-])c3)no2)s1. The number of nitro benzene ring substituents is 1. The molecule has 11 heteroatoms. The number of hydrogen-bond donors (Lipinski definition) is 0. The van der Waals surface area contributed by atoms with Gasteiger partial charge in [0, 0.05) is 17.7 Å². The van der Waals surface area contributed by atoms with E-state index in [1.165, 1.54) is 35.2 Å². The molecule has 24 heavy (non-hydrogen) atoms. The first kappa shape index (κ1) is 16.9. The van der Waals surface area contributed by atoms with Crippen LogP contribution in [0, 0.1) is 10.1 Å². The Labute approximate surface area is 149 Å². The molecule has 2 heterocycles. The van der Waals surface area contributed by atoms with E-state index in [-0.39, 0.29) is 5.69 Å². The van der Waals surface area contributed by atoms with E-state index < -0.39 is 4.92 Å². The van der Waals surface area contributed by atoms with Gasteiger partial charge < -0.3 is 4.52 Å². The summed E-state index contributed by atoms with van der Waals surface area (Å²) in [6.07, 6.45) is 0. The molecule has 0 aliphatic carbocycles. The molecule has 0 atom stereocenters. The monoisotopic (exact) mass is 381 g/mol. The normalized spacial score (nSPS) is 10.9. The molecule has 2 aromatic heterocycles. The molecule has 0 unspecified atom stereocenters. The molecule has 0 spiro atoms. The molecule has 0 amide bonds. The Morgan fingerprint density at radius 3 is 2.83 bits per heavy atom. The quantitative estimate of drug-likeness (QED) is 0.342. The molecule has 124 valence electrons. The summed E-state index contributed by atoms with van der Waals surface area (Å²) in [5, 5.41) is 22.9. The van der Waals surface area contributed by atoms with E-state index in [4.69, 9.17) is 4.52 Å². The lowest BCUT2D eigenvalue weighted by molar-refractivity contribution is -0.384. The molecule has 3 aromatic rings. The first-order valence-corrected chi connectivity index (χ1v) is 9.61. The minimum atomic E-state index is -0.457. The Morgan fingerprint density at radius 2 is 2.08 bits per heavy atom. The fourth-order valence-electron chi connectivity index (χ4n) is 1.75. The smallest absolute Gasteiger partial charge is 0.270 e. The van der Waals surface area contributed by atoms with Crippen LogP contribution in [0.3, 0.4) is 0 Å². The molecular weight excluding hydrogens is 370 g/mol. The molecule has 0 saturated heterocycles. The first-order valence-electron chi connectivity index (χ1n) is 6.82. The number of benzene rings is 1. The number of nitrogens with zero attached hydrogens (tertiary/aromatic N) is 5. The summed E-state index contributed by atoms with van der Waals surface area (Å²) in [5.41, 5.74) is 0.532. The summed E-state index contributed by atoms with van der Waals surface area (Å²) < 4.78 is 6.96. The molecule has 8 nitrogen and oxygen atoms in total. The van der Waals surface area contributed by atoms with E-state index in [1.54, 1.807) is 23.9 Å². The van der Waals surface area contributed by atoms with Crippen molar-refractivity contribution in [3.63, 3.8) is 0 Å². The van der Waals surface area contributed by atoms with Crippen LogP contribution < -0.4 is 0 Å². The summed E-state index contributed by atoms with van der Waals surface area (Å²) in [6, 6.07) is 6.13. The van der Waals surface area contributed by atoms with Gasteiger partial charge in [0.2, 0.25) is 11.7 Å². The summed E-state index contributed by atoms with van der Waals surface area (Å²) in [5.74, 6) is 2.18. The average molecular weight is 381 g/mol. The number of thioether (sulfide) groups is 2. The van der Waals surface area contributed by atoms with E-state index in [0.29, 0.717) is 23.0 Å². The Hall–Kier alpha value is -1.98. The largest absolute Gasteiger partial charge is 0.338 e. The third kappa shape index (κ3) is 4.10. The van der Waals surface area contributed by atoms with Crippen molar-refractivity contribution in [3.8, 4) is 11.4 Å². The zero-order valence-electron chi connectivity index (χ0n) is 12.4. The van der Waals surface area contributed by atoms with Gasteiger partial charge in [0.1, 0.15) is 0 Å². The maximum atomic E-state index is 10.8. The van der Waals surface area contributed by atoms with Gasteiger partial charge in [-0.1, -0.05) is 59.1 Å². The summed E-state index contributed by atoms with van der Waals surface area (Å²) in [4.78, 5) is 14.6. The van der Waals surface area contributed by atoms with Crippen molar-refractivity contribution in [2.45, 2.75) is 21.4 Å². The molecule has 0 radical (unpaired) electrons. The van der Waals surface area contributed by atoms with Gasteiger partial charge in [0.15, 0.2) is 8.68 Å². The van der Waals surface area contributed by atoms with Crippen LogP contribution in [0.5, 0.6) is 0 Å². The number of aromatic nitrogens is 4. The minimum Gasteiger partial charge on any atom is -0.338 e. The van der Waals surface area contributed by atoms with Gasteiger partial charge in [-0.25, -0.2) is 0 Å². The van der Waals surface area contributed by atoms with E-state index in [0.717, 1.165) is 14.4 Å². The second-order valence-corrected chi connectivity index (χ2v) is 8.09. The van der Waals surface area contributed by atoms with Crippen LogP contribution in [-0.2, 0) is 5.75 Å².